The summed E-state index contributed by atoms with van der Waals surface area (Å²) in [7, 11) is 0. The number of carbonyl (C=O) groups is 1. The molecule has 0 aromatic carbocycles. The average Bonchev–Trinajstić information content (AvgIpc) is 2.37. The Morgan fingerprint density at radius 2 is 2.00 bits per heavy atom. The van der Waals surface area contributed by atoms with Crippen molar-refractivity contribution in [3.05, 3.63) is 0 Å². The van der Waals surface area contributed by atoms with Crippen molar-refractivity contribution >= 4 is 5.78 Å². The van der Waals surface area contributed by atoms with Crippen molar-refractivity contribution in [3.8, 4) is 0 Å². The third-order valence-corrected chi connectivity index (χ3v) is 2.85. The molecule has 0 saturated heterocycles. The first-order valence-electron chi connectivity index (χ1n) is 5.18. The maximum atomic E-state index is 10.8. The van der Waals surface area contributed by atoms with Crippen LogP contribution in [0.4, 0.5) is 0 Å². The predicted octanol–water partition coefficient (Wildman–Crippen LogP) is 3.18. The minimum atomic E-state index is 0.348. The van der Waals surface area contributed by atoms with Gasteiger partial charge in [-0.1, -0.05) is 32.6 Å². The molecule has 0 amide bonds. The predicted molar refractivity (Wildman–Crippen MR) is 51.0 cm³/mol. The van der Waals surface area contributed by atoms with E-state index in [9.17, 15) is 4.79 Å². The van der Waals surface area contributed by atoms with E-state index in [2.05, 4.69) is 6.92 Å². The highest BCUT2D eigenvalue weighted by Gasteiger charge is 2.18. The molecule has 1 aliphatic rings. The van der Waals surface area contributed by atoms with E-state index in [1.807, 2.05) is 0 Å². The Balaban J connectivity index is 2.16. The number of Topliss-reactive ketones (excluding diaryl/α,β-unsaturated/α-hetero) is 1. The molecule has 70 valence electrons. The molecule has 12 heavy (non-hydrogen) atoms. The summed E-state index contributed by atoms with van der Waals surface area (Å²) in [6.45, 7) is 3.91. The van der Waals surface area contributed by atoms with E-state index in [0.717, 1.165) is 12.3 Å². The molecule has 0 radical (unpaired) electrons. The fraction of sp³-hybridized carbons (Fsp3) is 0.909. The molecule has 0 bridgehead atoms. The summed E-state index contributed by atoms with van der Waals surface area (Å²) in [5.41, 5.74) is 0. The summed E-state index contributed by atoms with van der Waals surface area (Å²) < 4.78 is 0. The van der Waals surface area contributed by atoms with Crippen LogP contribution >= 0.6 is 0 Å². The van der Waals surface area contributed by atoms with E-state index < -0.39 is 0 Å². The zero-order valence-corrected chi connectivity index (χ0v) is 8.31. The third-order valence-electron chi connectivity index (χ3n) is 2.85. The quantitative estimate of drug-likeness (QED) is 0.630. The second-order valence-electron chi connectivity index (χ2n) is 4.40. The first kappa shape index (κ1) is 9.76. The molecule has 0 aromatic heterocycles. The molecule has 0 N–H and O–H groups in total. The topological polar surface area (TPSA) is 17.1 Å². The van der Waals surface area contributed by atoms with Crippen LogP contribution in [0.1, 0.15) is 52.4 Å². The molecular weight excluding hydrogens is 148 g/mol. The van der Waals surface area contributed by atoms with Crippen LogP contribution in [0.3, 0.4) is 0 Å². The lowest BCUT2D eigenvalue weighted by atomic mass is 9.91. The van der Waals surface area contributed by atoms with E-state index in [0.29, 0.717) is 11.7 Å². The fourth-order valence-electron chi connectivity index (χ4n) is 2.39. The molecule has 1 unspecified atom stereocenters. The fourth-order valence-corrected chi connectivity index (χ4v) is 2.39. The lowest BCUT2D eigenvalue weighted by molar-refractivity contribution is -0.117. The van der Waals surface area contributed by atoms with Gasteiger partial charge in [0, 0.05) is 6.42 Å². The summed E-state index contributed by atoms with van der Waals surface area (Å²) in [4.78, 5) is 10.8. The summed E-state index contributed by atoms with van der Waals surface area (Å²) in [6, 6.07) is 0. The minimum absolute atomic E-state index is 0.348. The van der Waals surface area contributed by atoms with Gasteiger partial charge >= 0.3 is 0 Å². The molecular formula is C11H20O. The highest BCUT2D eigenvalue weighted by molar-refractivity contribution is 5.75. The van der Waals surface area contributed by atoms with Crippen molar-refractivity contribution in [3.63, 3.8) is 0 Å². The van der Waals surface area contributed by atoms with Crippen LogP contribution in [0, 0.1) is 11.8 Å². The molecule has 0 spiro atoms. The van der Waals surface area contributed by atoms with Crippen LogP contribution < -0.4 is 0 Å². The average molecular weight is 168 g/mol. The van der Waals surface area contributed by atoms with Crippen molar-refractivity contribution < 1.29 is 4.79 Å². The molecule has 1 fully saturated rings. The van der Waals surface area contributed by atoms with Gasteiger partial charge in [0.25, 0.3) is 0 Å². The highest BCUT2D eigenvalue weighted by Crippen LogP contribution is 2.31. The van der Waals surface area contributed by atoms with E-state index in [1.165, 1.54) is 32.1 Å². The zero-order valence-electron chi connectivity index (χ0n) is 8.31. The zero-order chi connectivity index (χ0) is 8.97. The molecule has 1 saturated carbocycles. The van der Waals surface area contributed by atoms with Crippen molar-refractivity contribution in [2.75, 3.05) is 0 Å². The first-order valence-corrected chi connectivity index (χ1v) is 5.18. The van der Waals surface area contributed by atoms with Gasteiger partial charge in [-0.25, -0.2) is 0 Å². The number of rotatable bonds is 4. The SMILES string of the molecule is CC(=O)CC(C)CC1CCCC1. The normalized spacial score (nSPS) is 21.2. The summed E-state index contributed by atoms with van der Waals surface area (Å²) in [5.74, 6) is 1.89. The molecule has 1 atom stereocenters. The van der Waals surface area contributed by atoms with Gasteiger partial charge in [0.05, 0.1) is 0 Å². The van der Waals surface area contributed by atoms with Crippen LogP contribution in [0.25, 0.3) is 0 Å². The molecule has 1 heteroatoms. The second-order valence-corrected chi connectivity index (χ2v) is 4.40. The van der Waals surface area contributed by atoms with E-state index in [1.54, 1.807) is 6.92 Å². The van der Waals surface area contributed by atoms with Crippen LogP contribution in [-0.4, -0.2) is 5.78 Å². The molecule has 1 nitrogen and oxygen atoms in total. The number of carbonyl (C=O) groups excluding carboxylic acids is 1. The summed E-state index contributed by atoms with van der Waals surface area (Å²) in [5, 5.41) is 0. The summed E-state index contributed by atoms with van der Waals surface area (Å²) in [6.07, 6.45) is 7.70. The van der Waals surface area contributed by atoms with Crippen molar-refractivity contribution in [1.29, 1.82) is 0 Å². The standard InChI is InChI=1S/C11H20O/c1-9(7-10(2)12)8-11-5-3-4-6-11/h9,11H,3-8H2,1-2H3. The Morgan fingerprint density at radius 1 is 1.42 bits per heavy atom. The maximum Gasteiger partial charge on any atom is 0.130 e. The van der Waals surface area contributed by atoms with Crippen LogP contribution in [0.2, 0.25) is 0 Å². The summed E-state index contributed by atoms with van der Waals surface area (Å²) >= 11 is 0. The Labute approximate surface area is 75.5 Å². The maximum absolute atomic E-state index is 10.8. The Bertz CT molecular complexity index is 145. The number of hydrogen-bond acceptors (Lipinski definition) is 1. The van der Waals surface area contributed by atoms with E-state index in [4.69, 9.17) is 0 Å². The van der Waals surface area contributed by atoms with Crippen LogP contribution in [0.5, 0.6) is 0 Å². The molecule has 1 rings (SSSR count). The van der Waals surface area contributed by atoms with Crippen LogP contribution in [-0.2, 0) is 4.79 Å². The van der Waals surface area contributed by atoms with Gasteiger partial charge < -0.3 is 4.79 Å². The first-order chi connectivity index (χ1) is 5.68. The van der Waals surface area contributed by atoms with E-state index >= 15 is 0 Å². The molecule has 0 heterocycles. The second kappa shape index (κ2) is 4.64. The third kappa shape index (κ3) is 3.38. The van der Waals surface area contributed by atoms with Gasteiger partial charge in [-0.2, -0.15) is 0 Å². The van der Waals surface area contributed by atoms with Gasteiger partial charge in [0.15, 0.2) is 0 Å². The lowest BCUT2D eigenvalue weighted by Crippen LogP contribution is -2.06. The molecule has 0 aromatic rings. The molecule has 0 aliphatic heterocycles. The smallest absolute Gasteiger partial charge is 0.130 e. The van der Waals surface area contributed by atoms with Gasteiger partial charge in [-0.15, -0.1) is 0 Å². The Morgan fingerprint density at radius 3 is 2.50 bits per heavy atom. The van der Waals surface area contributed by atoms with Gasteiger partial charge in [0.1, 0.15) is 5.78 Å². The Hall–Kier alpha value is -0.330. The highest BCUT2D eigenvalue weighted by atomic mass is 16.1. The van der Waals surface area contributed by atoms with Crippen LogP contribution in [0.15, 0.2) is 0 Å². The largest absolute Gasteiger partial charge is 0.300 e. The van der Waals surface area contributed by atoms with Gasteiger partial charge in [-0.05, 0) is 25.2 Å². The van der Waals surface area contributed by atoms with Gasteiger partial charge in [0.2, 0.25) is 0 Å². The van der Waals surface area contributed by atoms with Crippen molar-refractivity contribution in [2.45, 2.75) is 52.4 Å². The van der Waals surface area contributed by atoms with E-state index in [-0.39, 0.29) is 0 Å². The number of hydrogen-bond donors (Lipinski definition) is 0. The Kier molecular flexibility index (Phi) is 3.77. The monoisotopic (exact) mass is 168 g/mol. The lowest BCUT2D eigenvalue weighted by Gasteiger charge is -2.14. The van der Waals surface area contributed by atoms with Gasteiger partial charge in [-0.3, -0.25) is 0 Å². The van der Waals surface area contributed by atoms with Crippen molar-refractivity contribution in [2.24, 2.45) is 11.8 Å². The minimum Gasteiger partial charge on any atom is -0.300 e. The number of ketones is 1. The van der Waals surface area contributed by atoms with Crippen molar-refractivity contribution in [1.82, 2.24) is 0 Å². The molecule has 1 aliphatic carbocycles.